The lowest BCUT2D eigenvalue weighted by Gasteiger charge is -2.28. The van der Waals surface area contributed by atoms with Crippen LogP contribution in [-0.2, 0) is 20.8 Å². The number of benzene rings is 1. The number of carbonyl (C=O) groups is 1. The normalized spacial score (nSPS) is 34.4. The summed E-state index contributed by atoms with van der Waals surface area (Å²) in [6.45, 7) is 5.56. The lowest BCUT2D eigenvalue weighted by Crippen LogP contribution is -2.37. The molecule has 0 radical (unpaired) electrons. The van der Waals surface area contributed by atoms with E-state index in [0.29, 0.717) is 19.2 Å². The highest BCUT2D eigenvalue weighted by molar-refractivity contribution is 5.76. The second-order valence-corrected chi connectivity index (χ2v) is 9.98. The Kier molecular flexibility index (Phi) is 4.85. The predicted molar refractivity (Wildman–Crippen MR) is 120 cm³/mol. The molecule has 8 nitrogen and oxygen atoms in total. The van der Waals surface area contributed by atoms with E-state index in [1.807, 2.05) is 30.5 Å². The van der Waals surface area contributed by atoms with E-state index in [4.69, 9.17) is 14.2 Å². The van der Waals surface area contributed by atoms with Gasteiger partial charge in [0.2, 0.25) is 0 Å². The van der Waals surface area contributed by atoms with Crippen LogP contribution in [0.1, 0.15) is 38.8 Å². The molecule has 4 aliphatic rings. The lowest BCUT2D eigenvalue weighted by molar-refractivity contribution is -0.146. The minimum atomic E-state index is -0.148. The number of ether oxygens (including phenoxy) is 3. The van der Waals surface area contributed by atoms with Crippen molar-refractivity contribution in [3.63, 3.8) is 0 Å². The minimum absolute atomic E-state index is 0.0665. The fourth-order valence-corrected chi connectivity index (χ4v) is 6.21. The number of hydrogen-bond donors (Lipinski definition) is 1. The number of nitrogens with one attached hydrogen (secondary N) is 1. The maximum atomic E-state index is 12.9. The molecule has 1 saturated carbocycles. The molecule has 0 unspecified atom stereocenters. The molecular formula is C25H30N4O4. The summed E-state index contributed by atoms with van der Waals surface area (Å²) < 4.78 is 19.1. The largest absolute Gasteiger partial charge is 0.497 e. The van der Waals surface area contributed by atoms with Gasteiger partial charge in [-0.05, 0) is 45.2 Å². The Morgan fingerprint density at radius 1 is 1.36 bits per heavy atom. The Hall–Kier alpha value is -2.71. The monoisotopic (exact) mass is 450 g/mol. The van der Waals surface area contributed by atoms with Crippen LogP contribution in [0.2, 0.25) is 0 Å². The van der Waals surface area contributed by atoms with Crippen molar-refractivity contribution >= 4 is 5.97 Å². The average Bonchev–Trinajstić information content (AvgIpc) is 3.10. The highest BCUT2D eigenvalue weighted by Gasteiger charge is 2.69. The molecule has 174 valence electrons. The Labute approximate surface area is 193 Å². The number of methoxy groups -OCH3 is 1. The Balaban J connectivity index is 1.12. The number of aromatic nitrogens is 3. The van der Waals surface area contributed by atoms with E-state index < -0.39 is 0 Å². The maximum absolute atomic E-state index is 12.9. The van der Waals surface area contributed by atoms with Crippen LogP contribution in [0.3, 0.4) is 0 Å². The highest BCUT2D eigenvalue weighted by Crippen LogP contribution is 2.62. The molecule has 3 fully saturated rings. The van der Waals surface area contributed by atoms with E-state index in [2.05, 4.69) is 29.5 Å². The van der Waals surface area contributed by atoms with Gasteiger partial charge in [-0.15, -0.1) is 5.10 Å². The van der Waals surface area contributed by atoms with Crippen LogP contribution in [0.15, 0.2) is 41.6 Å². The zero-order chi connectivity index (χ0) is 22.7. The van der Waals surface area contributed by atoms with E-state index in [0.717, 1.165) is 36.4 Å². The van der Waals surface area contributed by atoms with Gasteiger partial charge in [-0.25, -0.2) is 4.68 Å². The van der Waals surface area contributed by atoms with Gasteiger partial charge in [0.15, 0.2) is 0 Å². The molecule has 1 aromatic heterocycles. The summed E-state index contributed by atoms with van der Waals surface area (Å²) in [7, 11) is 1.64. The molecule has 1 aromatic carbocycles. The third kappa shape index (κ3) is 3.38. The number of allylic oxidation sites excluding steroid dienone is 1. The molecule has 33 heavy (non-hydrogen) atoms. The summed E-state index contributed by atoms with van der Waals surface area (Å²) in [5, 5.41) is 11.9. The number of nitrogens with zero attached hydrogens (tertiary/aromatic N) is 3. The molecule has 3 heterocycles. The molecule has 6 atom stereocenters. The maximum Gasteiger partial charge on any atom is 0.310 e. The molecule has 0 spiro atoms. The van der Waals surface area contributed by atoms with Gasteiger partial charge in [0.05, 0.1) is 36.7 Å². The second-order valence-electron chi connectivity index (χ2n) is 9.98. The van der Waals surface area contributed by atoms with Gasteiger partial charge in [-0.3, -0.25) is 4.79 Å². The number of epoxide rings is 1. The van der Waals surface area contributed by atoms with Gasteiger partial charge in [0.1, 0.15) is 17.5 Å². The molecule has 6 rings (SSSR count). The number of hydrogen-bond acceptors (Lipinski definition) is 7. The van der Waals surface area contributed by atoms with Crippen molar-refractivity contribution in [2.75, 3.05) is 13.7 Å². The van der Waals surface area contributed by atoms with Gasteiger partial charge < -0.3 is 19.5 Å². The summed E-state index contributed by atoms with van der Waals surface area (Å²) in [5.41, 5.74) is 4.52. The van der Waals surface area contributed by atoms with Crippen LogP contribution in [0.5, 0.6) is 5.75 Å². The van der Waals surface area contributed by atoms with Crippen molar-refractivity contribution < 1.29 is 19.0 Å². The predicted octanol–water partition coefficient (Wildman–Crippen LogP) is 2.81. The summed E-state index contributed by atoms with van der Waals surface area (Å²) in [5.74, 6) is 0.981. The van der Waals surface area contributed by atoms with E-state index in [-0.39, 0.29) is 35.4 Å². The summed E-state index contributed by atoms with van der Waals surface area (Å²) in [6.07, 6.45) is 5.16. The van der Waals surface area contributed by atoms with Gasteiger partial charge in [-0.2, -0.15) is 0 Å². The van der Waals surface area contributed by atoms with Crippen molar-refractivity contribution in [2.24, 2.45) is 17.8 Å². The number of rotatable bonds is 6. The summed E-state index contributed by atoms with van der Waals surface area (Å²) in [6, 6.07) is 7.68. The standard InChI is InChI=1S/C25H30N4O4/c1-14-7-8-18-20(24(30)32-23(18)22-19(14)10-21-25(22,2)33-21)12-26-11-15-13-29(28-27-15)16-5-4-6-17(9-16)31-3/h4-6,9,13,18,20-23,26H,7-8,10-12H2,1-3H3/t18-,20-,21+,22-,23-,25+/m0/s1. The Morgan fingerprint density at radius 2 is 2.24 bits per heavy atom. The van der Waals surface area contributed by atoms with Crippen LogP contribution in [0, 0.1) is 17.8 Å². The first-order chi connectivity index (χ1) is 16.0. The topological polar surface area (TPSA) is 90.8 Å². The molecule has 2 aliphatic carbocycles. The second kappa shape index (κ2) is 7.67. The van der Waals surface area contributed by atoms with Crippen LogP contribution >= 0.6 is 0 Å². The van der Waals surface area contributed by atoms with Crippen LogP contribution in [-0.4, -0.2) is 52.4 Å². The van der Waals surface area contributed by atoms with Crippen LogP contribution in [0.4, 0.5) is 0 Å². The van der Waals surface area contributed by atoms with Gasteiger partial charge in [-0.1, -0.05) is 22.4 Å². The zero-order valence-electron chi connectivity index (χ0n) is 19.3. The highest BCUT2D eigenvalue weighted by atomic mass is 16.6. The first-order valence-electron chi connectivity index (χ1n) is 11.8. The lowest BCUT2D eigenvalue weighted by atomic mass is 9.78. The number of carbonyl (C=O) groups excluding carboxylic acids is 1. The summed E-state index contributed by atoms with van der Waals surface area (Å²) in [4.78, 5) is 12.9. The van der Waals surface area contributed by atoms with Crippen molar-refractivity contribution in [2.45, 2.75) is 57.5 Å². The molecule has 8 heteroatoms. The van der Waals surface area contributed by atoms with Crippen molar-refractivity contribution in [1.29, 1.82) is 0 Å². The van der Waals surface area contributed by atoms with E-state index in [9.17, 15) is 4.79 Å². The van der Waals surface area contributed by atoms with Crippen LogP contribution in [0.25, 0.3) is 5.69 Å². The molecule has 2 saturated heterocycles. The fraction of sp³-hybridized carbons (Fsp3) is 0.560. The fourth-order valence-electron chi connectivity index (χ4n) is 6.21. The van der Waals surface area contributed by atoms with E-state index in [1.54, 1.807) is 11.8 Å². The van der Waals surface area contributed by atoms with Gasteiger partial charge >= 0.3 is 5.97 Å². The Bertz CT molecular complexity index is 1130. The average molecular weight is 451 g/mol. The molecular weight excluding hydrogens is 420 g/mol. The van der Waals surface area contributed by atoms with Gasteiger partial charge in [0, 0.05) is 31.0 Å². The summed E-state index contributed by atoms with van der Waals surface area (Å²) >= 11 is 0. The number of fused-ring (bicyclic) bond motifs is 5. The third-order valence-electron chi connectivity index (χ3n) is 8.13. The number of esters is 1. The molecule has 1 N–H and O–H groups in total. The van der Waals surface area contributed by atoms with Gasteiger partial charge in [0.25, 0.3) is 0 Å². The SMILES string of the molecule is COc1cccc(-n2cc(CNC[C@@H]3C(=O)O[C@H]4[C@H]3CCC(C)=C3C[C@H]5O[C@@]5(C)[C@@H]34)nn2)c1. The molecule has 0 amide bonds. The quantitative estimate of drug-likeness (QED) is 0.411. The molecule has 0 bridgehead atoms. The first-order valence-corrected chi connectivity index (χ1v) is 11.8. The minimum Gasteiger partial charge on any atom is -0.497 e. The van der Waals surface area contributed by atoms with Crippen molar-refractivity contribution in [3.05, 3.63) is 47.3 Å². The molecule has 2 aromatic rings. The molecule has 2 aliphatic heterocycles. The smallest absolute Gasteiger partial charge is 0.310 e. The first kappa shape index (κ1) is 20.9. The van der Waals surface area contributed by atoms with Crippen molar-refractivity contribution in [3.8, 4) is 11.4 Å². The third-order valence-corrected chi connectivity index (χ3v) is 8.13. The Morgan fingerprint density at radius 3 is 3.09 bits per heavy atom. The van der Waals surface area contributed by atoms with Crippen LogP contribution < -0.4 is 10.1 Å². The van der Waals surface area contributed by atoms with E-state index >= 15 is 0 Å². The zero-order valence-corrected chi connectivity index (χ0v) is 19.3. The van der Waals surface area contributed by atoms with E-state index in [1.165, 1.54) is 11.1 Å². The van der Waals surface area contributed by atoms with Crippen molar-refractivity contribution in [1.82, 2.24) is 20.3 Å².